The lowest BCUT2D eigenvalue weighted by atomic mass is 9.96. The molecule has 4 N–H and O–H groups in total. The number of phenols is 1. The second kappa shape index (κ2) is 5.53. The van der Waals surface area contributed by atoms with Gasteiger partial charge in [-0.2, -0.15) is 0 Å². The zero-order valence-corrected chi connectivity index (χ0v) is 10.3. The summed E-state index contributed by atoms with van der Waals surface area (Å²) in [7, 11) is 0. The smallest absolute Gasteiger partial charge is 0.123 e. The summed E-state index contributed by atoms with van der Waals surface area (Å²) in [6.45, 7) is 3.72. The molecule has 0 aromatic heterocycles. The summed E-state index contributed by atoms with van der Waals surface area (Å²) in [5.74, 6) is 0.118. The van der Waals surface area contributed by atoms with Crippen molar-refractivity contribution in [1.29, 1.82) is 0 Å². The molecule has 0 aliphatic carbocycles. The molecule has 0 bridgehead atoms. The highest BCUT2D eigenvalue weighted by Gasteiger charge is 2.20. The minimum absolute atomic E-state index is 0.118. The van der Waals surface area contributed by atoms with Gasteiger partial charge in [0.25, 0.3) is 0 Å². The average molecular weight is 244 g/mol. The first kappa shape index (κ1) is 13.3. The highest BCUT2D eigenvalue weighted by Crippen LogP contribution is 2.32. The van der Waals surface area contributed by atoms with Crippen LogP contribution in [-0.2, 0) is 0 Å². The molecule has 0 aliphatic rings. The van der Waals surface area contributed by atoms with Crippen molar-refractivity contribution in [2.75, 3.05) is 0 Å². The Morgan fingerprint density at radius 3 is 2.62 bits per heavy atom. The molecule has 4 heteroatoms. The molecule has 0 aliphatic heterocycles. The zero-order chi connectivity index (χ0) is 12.3. The summed E-state index contributed by atoms with van der Waals surface area (Å²) in [5, 5.41) is 20.2. The fourth-order valence-electron chi connectivity index (χ4n) is 1.70. The number of hydrogen-bond donors (Lipinski definition) is 3. The SMILES string of the molecule is CCC[C@H](O)[C@H](N)c1cc(Cl)cc(C)c1O. The van der Waals surface area contributed by atoms with Crippen LogP contribution < -0.4 is 5.73 Å². The van der Waals surface area contributed by atoms with Gasteiger partial charge in [-0.05, 0) is 31.0 Å². The molecule has 0 radical (unpaired) electrons. The Bertz CT molecular complexity index is 368. The first-order chi connectivity index (χ1) is 7.47. The number of rotatable bonds is 4. The normalized spacial score (nSPS) is 14.8. The Balaban J connectivity index is 3.03. The molecular weight excluding hydrogens is 226 g/mol. The van der Waals surface area contributed by atoms with E-state index in [1.807, 2.05) is 6.92 Å². The fraction of sp³-hybridized carbons (Fsp3) is 0.500. The van der Waals surface area contributed by atoms with Crippen molar-refractivity contribution in [3.05, 3.63) is 28.3 Å². The minimum Gasteiger partial charge on any atom is -0.507 e. The van der Waals surface area contributed by atoms with Gasteiger partial charge in [0.05, 0.1) is 12.1 Å². The van der Waals surface area contributed by atoms with Crippen LogP contribution in [0, 0.1) is 6.92 Å². The van der Waals surface area contributed by atoms with Crippen molar-refractivity contribution in [2.45, 2.75) is 38.8 Å². The van der Waals surface area contributed by atoms with E-state index in [9.17, 15) is 10.2 Å². The molecule has 16 heavy (non-hydrogen) atoms. The summed E-state index contributed by atoms with van der Waals surface area (Å²) in [5.41, 5.74) is 7.07. The molecule has 0 heterocycles. The molecule has 1 aromatic carbocycles. The largest absolute Gasteiger partial charge is 0.507 e. The lowest BCUT2D eigenvalue weighted by Crippen LogP contribution is -2.26. The molecule has 3 nitrogen and oxygen atoms in total. The Morgan fingerprint density at radius 2 is 2.06 bits per heavy atom. The van der Waals surface area contributed by atoms with Gasteiger partial charge < -0.3 is 15.9 Å². The number of phenolic OH excluding ortho intramolecular Hbond substituents is 1. The highest BCUT2D eigenvalue weighted by atomic mass is 35.5. The van der Waals surface area contributed by atoms with Gasteiger partial charge in [0.15, 0.2) is 0 Å². The van der Waals surface area contributed by atoms with E-state index in [1.54, 1.807) is 19.1 Å². The van der Waals surface area contributed by atoms with Crippen LogP contribution in [0.5, 0.6) is 5.75 Å². The van der Waals surface area contributed by atoms with E-state index in [0.29, 0.717) is 22.6 Å². The molecule has 1 aromatic rings. The summed E-state index contributed by atoms with van der Waals surface area (Å²) >= 11 is 5.90. The zero-order valence-electron chi connectivity index (χ0n) is 9.57. The summed E-state index contributed by atoms with van der Waals surface area (Å²) in [6.07, 6.45) is 0.787. The molecule has 0 saturated heterocycles. The molecule has 0 amide bonds. The van der Waals surface area contributed by atoms with Crippen molar-refractivity contribution >= 4 is 11.6 Å². The maximum Gasteiger partial charge on any atom is 0.123 e. The van der Waals surface area contributed by atoms with Crippen molar-refractivity contribution in [3.63, 3.8) is 0 Å². The van der Waals surface area contributed by atoms with Crippen molar-refractivity contribution in [2.24, 2.45) is 5.73 Å². The third-order valence-electron chi connectivity index (χ3n) is 2.65. The first-order valence-electron chi connectivity index (χ1n) is 5.40. The lowest BCUT2D eigenvalue weighted by Gasteiger charge is -2.20. The maximum absolute atomic E-state index is 9.86. The Hall–Kier alpha value is -0.770. The Kier molecular flexibility index (Phi) is 4.59. The summed E-state index contributed by atoms with van der Waals surface area (Å²) in [4.78, 5) is 0. The second-order valence-electron chi connectivity index (χ2n) is 4.04. The van der Waals surface area contributed by atoms with Gasteiger partial charge in [-0.1, -0.05) is 24.9 Å². The van der Waals surface area contributed by atoms with Gasteiger partial charge in [-0.15, -0.1) is 0 Å². The number of hydrogen-bond acceptors (Lipinski definition) is 3. The molecule has 0 saturated carbocycles. The fourth-order valence-corrected chi connectivity index (χ4v) is 1.98. The molecule has 0 unspecified atom stereocenters. The van der Waals surface area contributed by atoms with Crippen LogP contribution in [0.4, 0.5) is 0 Å². The summed E-state index contributed by atoms with van der Waals surface area (Å²) in [6, 6.07) is 2.67. The third kappa shape index (κ3) is 2.88. The van der Waals surface area contributed by atoms with Crippen LogP contribution in [0.25, 0.3) is 0 Å². The maximum atomic E-state index is 9.86. The number of nitrogens with two attached hydrogens (primary N) is 1. The van der Waals surface area contributed by atoms with E-state index in [4.69, 9.17) is 17.3 Å². The van der Waals surface area contributed by atoms with Gasteiger partial charge in [-0.25, -0.2) is 0 Å². The Labute approximate surface area is 101 Å². The minimum atomic E-state index is -0.659. The predicted molar refractivity (Wildman–Crippen MR) is 65.7 cm³/mol. The van der Waals surface area contributed by atoms with E-state index in [2.05, 4.69) is 0 Å². The van der Waals surface area contributed by atoms with E-state index in [-0.39, 0.29) is 5.75 Å². The number of benzene rings is 1. The lowest BCUT2D eigenvalue weighted by molar-refractivity contribution is 0.133. The number of aryl methyl sites for hydroxylation is 1. The number of aromatic hydroxyl groups is 1. The van der Waals surface area contributed by atoms with Crippen LogP contribution in [0.15, 0.2) is 12.1 Å². The summed E-state index contributed by atoms with van der Waals surface area (Å²) < 4.78 is 0. The quantitative estimate of drug-likeness (QED) is 0.761. The van der Waals surface area contributed by atoms with Gasteiger partial charge >= 0.3 is 0 Å². The number of aliphatic hydroxyl groups is 1. The number of aliphatic hydroxyl groups excluding tert-OH is 1. The van der Waals surface area contributed by atoms with Crippen molar-refractivity contribution in [1.82, 2.24) is 0 Å². The van der Waals surface area contributed by atoms with Crippen molar-refractivity contribution < 1.29 is 10.2 Å². The molecule has 2 atom stereocenters. The van der Waals surface area contributed by atoms with E-state index in [0.717, 1.165) is 6.42 Å². The van der Waals surface area contributed by atoms with Crippen LogP contribution in [0.3, 0.4) is 0 Å². The van der Waals surface area contributed by atoms with Gasteiger partial charge in [0.2, 0.25) is 0 Å². The number of halogens is 1. The standard InChI is InChI=1S/C12H18ClNO2/c1-3-4-10(15)11(14)9-6-8(13)5-7(2)12(9)16/h5-6,10-11,15-16H,3-4,14H2,1-2H3/t10-,11+/m0/s1. The first-order valence-corrected chi connectivity index (χ1v) is 5.77. The molecular formula is C12H18ClNO2. The van der Waals surface area contributed by atoms with E-state index >= 15 is 0 Å². The monoisotopic (exact) mass is 243 g/mol. The van der Waals surface area contributed by atoms with Gasteiger partial charge in [-0.3, -0.25) is 0 Å². The van der Waals surface area contributed by atoms with E-state index < -0.39 is 12.1 Å². The highest BCUT2D eigenvalue weighted by molar-refractivity contribution is 6.30. The van der Waals surface area contributed by atoms with Crippen LogP contribution in [-0.4, -0.2) is 16.3 Å². The third-order valence-corrected chi connectivity index (χ3v) is 2.87. The molecule has 90 valence electrons. The second-order valence-corrected chi connectivity index (χ2v) is 4.48. The Morgan fingerprint density at radius 1 is 1.44 bits per heavy atom. The van der Waals surface area contributed by atoms with E-state index in [1.165, 1.54) is 0 Å². The molecule has 0 spiro atoms. The average Bonchev–Trinajstić information content (AvgIpc) is 2.22. The van der Waals surface area contributed by atoms with Crippen molar-refractivity contribution in [3.8, 4) is 5.75 Å². The van der Waals surface area contributed by atoms with Gasteiger partial charge in [0, 0.05) is 10.6 Å². The van der Waals surface area contributed by atoms with Crippen LogP contribution >= 0.6 is 11.6 Å². The van der Waals surface area contributed by atoms with Crippen LogP contribution in [0.1, 0.15) is 36.9 Å². The van der Waals surface area contributed by atoms with Gasteiger partial charge in [0.1, 0.15) is 5.75 Å². The molecule has 0 fully saturated rings. The van der Waals surface area contributed by atoms with Crippen LogP contribution in [0.2, 0.25) is 5.02 Å². The predicted octanol–water partition coefficient (Wildman–Crippen LogP) is 2.51. The molecule has 1 rings (SSSR count). The topological polar surface area (TPSA) is 66.5 Å².